The molecule has 0 aliphatic heterocycles. The molecule has 0 atom stereocenters. The molecule has 0 aromatic carbocycles. The van der Waals surface area contributed by atoms with Crippen molar-refractivity contribution in [3.63, 3.8) is 0 Å². The van der Waals surface area contributed by atoms with Gasteiger partial charge in [-0.25, -0.2) is 16.8 Å². The minimum Gasteiger partial charge on any atom is -0.220 e. The maximum atomic E-state index is 12.3. The van der Waals surface area contributed by atoms with E-state index in [0.717, 1.165) is 0 Å². The van der Waals surface area contributed by atoms with E-state index in [2.05, 4.69) is 0 Å². The highest BCUT2D eigenvalue weighted by Crippen LogP contribution is 2.27. The molecule has 0 aromatic rings. The molecule has 14 heteroatoms. The second-order valence-corrected chi connectivity index (χ2v) is 8.79. The zero-order valence-corrected chi connectivity index (χ0v) is 9.75. The summed E-state index contributed by atoms with van der Waals surface area (Å²) >= 11 is 0. The lowest BCUT2D eigenvalue weighted by molar-refractivity contribution is 0.230. The lowest BCUT2D eigenvalue weighted by Crippen LogP contribution is -2.41. The van der Waals surface area contributed by atoms with Crippen molar-refractivity contribution in [1.82, 2.24) is 0 Å². The van der Waals surface area contributed by atoms with Gasteiger partial charge in [-0.15, -0.1) is 3.89 Å². The molecule has 0 saturated heterocycles. The zero-order valence-electron chi connectivity index (χ0n) is 7.30. The van der Waals surface area contributed by atoms with Gasteiger partial charge in [0.1, 0.15) is 0 Å². The fraction of sp³-hybridized carbons (Fsp3) is 1.00. The molecule has 0 fully saturated rings. The molecule has 17 heavy (non-hydrogen) atoms. The third kappa shape index (κ3) is 3.25. The van der Waals surface area contributed by atoms with Crippen LogP contribution >= 0.6 is 0 Å². The van der Waals surface area contributed by atoms with Crippen molar-refractivity contribution >= 4 is 29.9 Å². The highest BCUT2D eigenvalue weighted by atomic mass is 32.3. The van der Waals surface area contributed by atoms with Crippen molar-refractivity contribution in [3.8, 4) is 0 Å². The third-order valence-corrected chi connectivity index (χ3v) is 8.39. The average Bonchev–Trinajstić information content (AvgIpc) is 1.98. The van der Waals surface area contributed by atoms with Gasteiger partial charge in [0, 0.05) is 0 Å². The molecule has 104 valence electrons. The van der Waals surface area contributed by atoms with Crippen LogP contribution in [0.2, 0.25) is 0 Å². The van der Waals surface area contributed by atoms with E-state index in [1.165, 1.54) is 0 Å². The zero-order chi connectivity index (χ0) is 14.2. The van der Waals surface area contributed by atoms with E-state index in [-0.39, 0.29) is 0 Å². The van der Waals surface area contributed by atoms with Crippen LogP contribution in [-0.4, -0.2) is 40.7 Å². The molecule has 0 saturated carbocycles. The van der Waals surface area contributed by atoms with Crippen molar-refractivity contribution < 1.29 is 46.7 Å². The van der Waals surface area contributed by atoms with Crippen LogP contribution in [0.25, 0.3) is 0 Å². The number of alkyl halides is 4. The summed E-state index contributed by atoms with van der Waals surface area (Å²) in [7, 11) is -19.6. The SMILES string of the molecule is O=S(=O)(F)C(S(=O)(=O)C(F)F)S(=O)(=O)C(F)F. The van der Waals surface area contributed by atoms with Gasteiger partial charge in [-0.1, -0.05) is 0 Å². The summed E-state index contributed by atoms with van der Waals surface area (Å²) in [6.07, 6.45) is 0. The normalized spacial score (nSPS) is 14.8. The van der Waals surface area contributed by atoms with Crippen LogP contribution in [-0.2, 0) is 29.9 Å². The summed E-state index contributed by atoms with van der Waals surface area (Å²) in [5.74, 6) is -9.29. The van der Waals surface area contributed by atoms with Crippen LogP contribution in [0.1, 0.15) is 0 Å². The number of halogens is 5. The molecule has 0 aliphatic carbocycles. The fourth-order valence-electron chi connectivity index (χ4n) is 0.675. The average molecular weight is 326 g/mol. The third-order valence-electron chi connectivity index (χ3n) is 1.26. The van der Waals surface area contributed by atoms with Gasteiger partial charge in [0.2, 0.25) is 19.7 Å². The van der Waals surface area contributed by atoms with Gasteiger partial charge in [0.15, 0.2) is 0 Å². The van der Waals surface area contributed by atoms with Gasteiger partial charge in [-0.2, -0.15) is 26.0 Å². The van der Waals surface area contributed by atoms with E-state index < -0.39 is 45.3 Å². The molecular formula is C3H3F5O6S3. The number of hydrogen-bond donors (Lipinski definition) is 0. The smallest absolute Gasteiger partial charge is 0.220 e. The van der Waals surface area contributed by atoms with E-state index in [0.29, 0.717) is 0 Å². The second-order valence-electron chi connectivity index (χ2n) is 2.46. The molecule has 0 rings (SSSR count). The van der Waals surface area contributed by atoms with E-state index in [9.17, 15) is 46.7 Å². The number of rotatable bonds is 5. The molecule has 0 aliphatic rings. The highest BCUT2D eigenvalue weighted by molar-refractivity contribution is 8.23. The number of hydrogen-bond acceptors (Lipinski definition) is 6. The summed E-state index contributed by atoms with van der Waals surface area (Å²) in [6, 6.07) is 0. The van der Waals surface area contributed by atoms with Crippen LogP contribution in [0.15, 0.2) is 0 Å². The predicted octanol–water partition coefficient (Wildman–Crippen LogP) is -0.156. The van der Waals surface area contributed by atoms with E-state index in [1.807, 2.05) is 0 Å². The van der Waals surface area contributed by atoms with Crippen molar-refractivity contribution in [3.05, 3.63) is 0 Å². The van der Waals surface area contributed by atoms with Crippen molar-refractivity contribution in [2.45, 2.75) is 15.4 Å². The minimum absolute atomic E-state index is 4.54. The highest BCUT2D eigenvalue weighted by Gasteiger charge is 2.56. The minimum atomic E-state index is -6.71. The lowest BCUT2D eigenvalue weighted by Gasteiger charge is -2.12. The molecule has 0 heterocycles. The summed E-state index contributed by atoms with van der Waals surface area (Å²) in [5, 5.41) is 0. The quantitative estimate of drug-likeness (QED) is 0.514. The summed E-state index contributed by atoms with van der Waals surface area (Å²) in [6.45, 7) is 0. The first-order valence-corrected chi connectivity index (χ1v) is 7.87. The van der Waals surface area contributed by atoms with Gasteiger partial charge in [-0.3, -0.25) is 0 Å². The Morgan fingerprint density at radius 2 is 0.882 bits per heavy atom. The Kier molecular flexibility index (Phi) is 4.50. The van der Waals surface area contributed by atoms with Gasteiger partial charge < -0.3 is 0 Å². The predicted molar refractivity (Wildman–Crippen MR) is 43.7 cm³/mol. The maximum absolute atomic E-state index is 12.3. The van der Waals surface area contributed by atoms with E-state index in [1.54, 1.807) is 0 Å². The summed E-state index contributed by atoms with van der Waals surface area (Å²) in [4.78, 5) is 0. The van der Waals surface area contributed by atoms with Crippen LogP contribution < -0.4 is 0 Å². The Hall–Kier alpha value is -0.500. The van der Waals surface area contributed by atoms with Gasteiger partial charge in [0.05, 0.1) is 0 Å². The Labute approximate surface area is 92.5 Å². The van der Waals surface area contributed by atoms with Gasteiger partial charge in [-0.05, 0) is 0 Å². The molecule has 0 radical (unpaired) electrons. The Balaban J connectivity index is 6.22. The topological polar surface area (TPSA) is 102 Å². The Morgan fingerprint density at radius 3 is 1.00 bits per heavy atom. The van der Waals surface area contributed by atoms with Crippen molar-refractivity contribution in [2.75, 3.05) is 0 Å². The van der Waals surface area contributed by atoms with Crippen LogP contribution in [0, 0.1) is 0 Å². The molecule has 0 aromatic heterocycles. The standard InChI is InChI=1S/C3H3F5O6S3/c4-1(5)15(9,10)3(17(8,13)14)16(11,12)2(6)7/h1-3H. The maximum Gasteiger partial charge on any atom is 0.339 e. The molecule has 6 nitrogen and oxygen atoms in total. The Bertz CT molecular complexity index is 534. The molecule has 0 unspecified atom stereocenters. The first-order chi connectivity index (χ1) is 7.25. The molecule has 0 N–H and O–H groups in total. The molecule has 0 bridgehead atoms. The molecule has 0 amide bonds. The van der Waals surface area contributed by atoms with Gasteiger partial charge >= 0.3 is 25.7 Å². The summed E-state index contributed by atoms with van der Waals surface area (Å²) < 4.78 is 118. The van der Waals surface area contributed by atoms with E-state index >= 15 is 0 Å². The largest absolute Gasteiger partial charge is 0.339 e. The van der Waals surface area contributed by atoms with Crippen LogP contribution in [0.5, 0.6) is 0 Å². The van der Waals surface area contributed by atoms with Crippen LogP contribution in [0.3, 0.4) is 0 Å². The Morgan fingerprint density at radius 1 is 0.647 bits per heavy atom. The molecular weight excluding hydrogens is 323 g/mol. The fourth-order valence-corrected chi connectivity index (χ4v) is 6.08. The lowest BCUT2D eigenvalue weighted by atomic mass is 11.7. The first kappa shape index (κ1) is 16.5. The van der Waals surface area contributed by atoms with Crippen molar-refractivity contribution in [2.24, 2.45) is 0 Å². The molecule has 0 spiro atoms. The summed E-state index contributed by atoms with van der Waals surface area (Å²) in [5.41, 5.74) is 0. The van der Waals surface area contributed by atoms with E-state index in [4.69, 9.17) is 0 Å². The second kappa shape index (κ2) is 4.64. The first-order valence-electron chi connectivity index (χ1n) is 3.21. The van der Waals surface area contributed by atoms with Crippen molar-refractivity contribution in [1.29, 1.82) is 0 Å². The van der Waals surface area contributed by atoms with Crippen LogP contribution in [0.4, 0.5) is 21.4 Å². The number of sulfone groups is 2. The monoisotopic (exact) mass is 326 g/mol. The van der Waals surface area contributed by atoms with Gasteiger partial charge in [0.25, 0.3) is 0 Å².